The van der Waals surface area contributed by atoms with Crippen LogP contribution in [0.4, 0.5) is 0 Å². The van der Waals surface area contributed by atoms with Crippen molar-refractivity contribution in [3.63, 3.8) is 0 Å². The molecule has 0 unspecified atom stereocenters. The van der Waals surface area contributed by atoms with Gasteiger partial charge in [0.1, 0.15) is 0 Å². The van der Waals surface area contributed by atoms with Gasteiger partial charge in [-0.3, -0.25) is 4.79 Å². The molecule has 1 aliphatic rings. The molecular weight excluding hydrogens is 228 g/mol. The number of hydrogen-bond donors (Lipinski definition) is 1. The Morgan fingerprint density at radius 1 is 1.28 bits per heavy atom. The van der Waals surface area contributed by atoms with Crippen LogP contribution in [-0.2, 0) is 9.53 Å². The van der Waals surface area contributed by atoms with Gasteiger partial charge < -0.3 is 15.4 Å². The zero-order chi connectivity index (χ0) is 13.4. The van der Waals surface area contributed by atoms with E-state index in [9.17, 15) is 4.79 Å². The Bertz CT molecular complexity index is 238. The zero-order valence-corrected chi connectivity index (χ0v) is 11.9. The van der Waals surface area contributed by atoms with E-state index in [1.54, 1.807) is 0 Å². The summed E-state index contributed by atoms with van der Waals surface area (Å²) in [7, 11) is 0. The predicted octanol–water partition coefficient (Wildman–Crippen LogP) is 1.78. The SMILES string of the molecule is CCOCCN(CC)C(=O)CC1CCC(N)CC1. The van der Waals surface area contributed by atoms with Gasteiger partial charge in [-0.1, -0.05) is 0 Å². The van der Waals surface area contributed by atoms with Crippen molar-refractivity contribution in [1.82, 2.24) is 4.90 Å². The van der Waals surface area contributed by atoms with E-state index in [0.717, 1.165) is 38.8 Å². The Balaban J connectivity index is 2.28. The summed E-state index contributed by atoms with van der Waals surface area (Å²) in [5.74, 6) is 0.816. The first-order valence-corrected chi connectivity index (χ1v) is 7.28. The lowest BCUT2D eigenvalue weighted by Crippen LogP contribution is -2.36. The Morgan fingerprint density at radius 2 is 1.94 bits per heavy atom. The van der Waals surface area contributed by atoms with Crippen LogP contribution in [0.3, 0.4) is 0 Å². The number of carbonyl (C=O) groups is 1. The van der Waals surface area contributed by atoms with Crippen molar-refractivity contribution in [2.75, 3.05) is 26.3 Å². The molecule has 0 aromatic carbocycles. The summed E-state index contributed by atoms with van der Waals surface area (Å²) in [6.45, 7) is 6.86. The van der Waals surface area contributed by atoms with Crippen molar-refractivity contribution in [2.45, 2.75) is 52.0 Å². The van der Waals surface area contributed by atoms with E-state index in [1.165, 1.54) is 0 Å². The van der Waals surface area contributed by atoms with E-state index in [2.05, 4.69) is 0 Å². The van der Waals surface area contributed by atoms with Gasteiger partial charge in [0.05, 0.1) is 6.61 Å². The first-order chi connectivity index (χ1) is 8.67. The molecule has 1 amide bonds. The number of likely N-dealkylation sites (N-methyl/N-ethyl adjacent to an activating group) is 1. The fourth-order valence-corrected chi connectivity index (χ4v) is 2.55. The summed E-state index contributed by atoms with van der Waals surface area (Å²) < 4.78 is 5.31. The standard InChI is InChI=1S/C14H28N2O2/c1-3-16(9-10-18-4-2)14(17)11-12-5-7-13(15)8-6-12/h12-13H,3-11,15H2,1-2H3. The smallest absolute Gasteiger partial charge is 0.222 e. The molecular formula is C14H28N2O2. The molecule has 18 heavy (non-hydrogen) atoms. The van der Waals surface area contributed by atoms with Gasteiger partial charge in [0.25, 0.3) is 0 Å². The molecule has 0 radical (unpaired) electrons. The summed E-state index contributed by atoms with van der Waals surface area (Å²) in [6.07, 6.45) is 5.05. The minimum absolute atomic E-state index is 0.276. The first-order valence-electron chi connectivity index (χ1n) is 7.28. The molecule has 0 aromatic rings. The molecule has 1 saturated carbocycles. The number of carbonyl (C=O) groups excluding carboxylic acids is 1. The van der Waals surface area contributed by atoms with Gasteiger partial charge >= 0.3 is 0 Å². The maximum atomic E-state index is 12.2. The lowest BCUT2D eigenvalue weighted by Gasteiger charge is -2.28. The molecule has 0 bridgehead atoms. The van der Waals surface area contributed by atoms with Crippen molar-refractivity contribution in [1.29, 1.82) is 0 Å². The third-order valence-corrected chi connectivity index (χ3v) is 3.80. The first kappa shape index (κ1) is 15.4. The van der Waals surface area contributed by atoms with E-state index in [-0.39, 0.29) is 5.91 Å². The predicted molar refractivity (Wildman–Crippen MR) is 73.3 cm³/mol. The molecule has 1 aliphatic carbocycles. The molecule has 0 atom stereocenters. The van der Waals surface area contributed by atoms with Crippen LogP contribution in [0.15, 0.2) is 0 Å². The van der Waals surface area contributed by atoms with E-state index in [1.807, 2.05) is 18.7 Å². The average molecular weight is 256 g/mol. The summed E-state index contributed by atoms with van der Waals surface area (Å²) in [6, 6.07) is 0.358. The van der Waals surface area contributed by atoms with E-state index < -0.39 is 0 Å². The number of ether oxygens (including phenoxy) is 1. The maximum absolute atomic E-state index is 12.2. The normalized spacial score (nSPS) is 23.9. The largest absolute Gasteiger partial charge is 0.380 e. The Labute approximate surface area is 111 Å². The summed E-state index contributed by atoms with van der Waals surface area (Å²) in [5, 5.41) is 0. The van der Waals surface area contributed by atoms with E-state index in [4.69, 9.17) is 10.5 Å². The molecule has 0 heterocycles. The van der Waals surface area contributed by atoms with Gasteiger partial charge in [0.2, 0.25) is 5.91 Å². The minimum atomic E-state index is 0.276. The topological polar surface area (TPSA) is 55.6 Å². The van der Waals surface area contributed by atoms with Gasteiger partial charge in [0, 0.05) is 32.2 Å². The third kappa shape index (κ3) is 5.36. The van der Waals surface area contributed by atoms with Gasteiger partial charge in [0.15, 0.2) is 0 Å². The molecule has 106 valence electrons. The molecule has 0 saturated heterocycles. The number of hydrogen-bond acceptors (Lipinski definition) is 3. The van der Waals surface area contributed by atoms with Crippen LogP contribution >= 0.6 is 0 Å². The highest BCUT2D eigenvalue weighted by Crippen LogP contribution is 2.26. The molecule has 4 heteroatoms. The van der Waals surface area contributed by atoms with E-state index in [0.29, 0.717) is 31.6 Å². The lowest BCUT2D eigenvalue weighted by atomic mass is 9.84. The number of nitrogens with two attached hydrogens (primary N) is 1. The molecule has 1 fully saturated rings. The Hall–Kier alpha value is -0.610. The van der Waals surface area contributed by atoms with Gasteiger partial charge in [-0.05, 0) is 45.4 Å². The second kappa shape index (κ2) is 8.48. The highest BCUT2D eigenvalue weighted by molar-refractivity contribution is 5.76. The molecule has 1 rings (SSSR count). The van der Waals surface area contributed by atoms with Crippen LogP contribution in [-0.4, -0.2) is 43.2 Å². The monoisotopic (exact) mass is 256 g/mol. The molecule has 4 nitrogen and oxygen atoms in total. The molecule has 0 aromatic heterocycles. The highest BCUT2D eigenvalue weighted by atomic mass is 16.5. The van der Waals surface area contributed by atoms with Gasteiger partial charge in [-0.2, -0.15) is 0 Å². The van der Waals surface area contributed by atoms with Gasteiger partial charge in [-0.15, -0.1) is 0 Å². The quantitative estimate of drug-likeness (QED) is 0.706. The van der Waals surface area contributed by atoms with Crippen molar-refractivity contribution in [3.8, 4) is 0 Å². The molecule has 2 N–H and O–H groups in total. The van der Waals surface area contributed by atoms with Crippen molar-refractivity contribution in [2.24, 2.45) is 11.7 Å². The van der Waals surface area contributed by atoms with Crippen LogP contribution < -0.4 is 5.73 Å². The maximum Gasteiger partial charge on any atom is 0.222 e. The Morgan fingerprint density at radius 3 is 2.50 bits per heavy atom. The van der Waals surface area contributed by atoms with Crippen LogP contribution in [0, 0.1) is 5.92 Å². The van der Waals surface area contributed by atoms with Crippen LogP contribution in [0.5, 0.6) is 0 Å². The van der Waals surface area contributed by atoms with Crippen LogP contribution in [0.1, 0.15) is 46.0 Å². The summed E-state index contributed by atoms with van der Waals surface area (Å²) >= 11 is 0. The Kier molecular flexibility index (Phi) is 7.28. The van der Waals surface area contributed by atoms with Gasteiger partial charge in [-0.25, -0.2) is 0 Å². The number of nitrogens with zero attached hydrogens (tertiary/aromatic N) is 1. The zero-order valence-electron chi connectivity index (χ0n) is 11.9. The molecule has 0 spiro atoms. The van der Waals surface area contributed by atoms with E-state index >= 15 is 0 Å². The van der Waals surface area contributed by atoms with Crippen molar-refractivity contribution >= 4 is 5.91 Å². The highest BCUT2D eigenvalue weighted by Gasteiger charge is 2.22. The van der Waals surface area contributed by atoms with Crippen molar-refractivity contribution < 1.29 is 9.53 Å². The third-order valence-electron chi connectivity index (χ3n) is 3.80. The minimum Gasteiger partial charge on any atom is -0.380 e. The summed E-state index contributed by atoms with van der Waals surface area (Å²) in [4.78, 5) is 14.1. The molecule has 0 aliphatic heterocycles. The lowest BCUT2D eigenvalue weighted by molar-refractivity contribution is -0.133. The fraction of sp³-hybridized carbons (Fsp3) is 0.929. The average Bonchev–Trinajstić information content (AvgIpc) is 2.37. The number of rotatable bonds is 7. The van der Waals surface area contributed by atoms with Crippen LogP contribution in [0.25, 0.3) is 0 Å². The van der Waals surface area contributed by atoms with Crippen LogP contribution in [0.2, 0.25) is 0 Å². The fourth-order valence-electron chi connectivity index (χ4n) is 2.55. The van der Waals surface area contributed by atoms with Crippen molar-refractivity contribution in [3.05, 3.63) is 0 Å². The second-order valence-electron chi connectivity index (χ2n) is 5.16. The second-order valence-corrected chi connectivity index (χ2v) is 5.16. The summed E-state index contributed by atoms with van der Waals surface area (Å²) in [5.41, 5.74) is 5.88. The number of amides is 1.